The number of halogens is 2. The van der Waals surface area contributed by atoms with Crippen LogP contribution in [-0.2, 0) is 0 Å². The number of nitrogens with zero attached hydrogens (tertiary/aromatic N) is 1. The number of rotatable bonds is 2. The van der Waals surface area contributed by atoms with Crippen LogP contribution in [0.1, 0.15) is 25.9 Å². The molecule has 0 N–H and O–H groups in total. The summed E-state index contributed by atoms with van der Waals surface area (Å²) < 4.78 is 26.2. The van der Waals surface area contributed by atoms with Crippen molar-refractivity contribution in [2.45, 2.75) is 13.8 Å². The second kappa shape index (κ2) is 4.33. The first-order chi connectivity index (χ1) is 7.99. The zero-order chi connectivity index (χ0) is 12.6. The van der Waals surface area contributed by atoms with Crippen molar-refractivity contribution in [3.63, 3.8) is 0 Å². The third-order valence-electron chi connectivity index (χ3n) is 2.29. The molecule has 5 heteroatoms. The van der Waals surface area contributed by atoms with Crippen molar-refractivity contribution in [2.75, 3.05) is 0 Å². The SMILES string of the molecule is Cc1nc(C)c(C(=O)c2ccc(F)cc2F)s1. The smallest absolute Gasteiger partial charge is 0.207 e. The van der Waals surface area contributed by atoms with E-state index >= 15 is 0 Å². The molecule has 0 aliphatic carbocycles. The number of aryl methyl sites for hydroxylation is 2. The van der Waals surface area contributed by atoms with Crippen LogP contribution in [-0.4, -0.2) is 10.8 Å². The van der Waals surface area contributed by atoms with Gasteiger partial charge < -0.3 is 0 Å². The van der Waals surface area contributed by atoms with Crippen LogP contribution in [0.5, 0.6) is 0 Å². The van der Waals surface area contributed by atoms with E-state index in [0.717, 1.165) is 17.1 Å². The van der Waals surface area contributed by atoms with Crippen LogP contribution in [0.2, 0.25) is 0 Å². The normalized spacial score (nSPS) is 10.6. The fourth-order valence-electron chi connectivity index (χ4n) is 1.54. The molecular formula is C12H9F2NOS. The zero-order valence-corrected chi connectivity index (χ0v) is 10.1. The Bertz CT molecular complexity index is 592. The van der Waals surface area contributed by atoms with Crippen LogP contribution in [0.25, 0.3) is 0 Å². The molecule has 0 bridgehead atoms. The second-order valence-electron chi connectivity index (χ2n) is 3.60. The number of aromatic nitrogens is 1. The number of carbonyl (C=O) groups is 1. The zero-order valence-electron chi connectivity index (χ0n) is 9.25. The van der Waals surface area contributed by atoms with Gasteiger partial charge in [0.25, 0.3) is 0 Å². The quantitative estimate of drug-likeness (QED) is 0.769. The van der Waals surface area contributed by atoms with Gasteiger partial charge in [0.05, 0.1) is 21.1 Å². The van der Waals surface area contributed by atoms with Crippen molar-refractivity contribution in [1.29, 1.82) is 0 Å². The molecular weight excluding hydrogens is 244 g/mol. The molecule has 2 aromatic rings. The maximum Gasteiger partial charge on any atom is 0.207 e. The minimum Gasteiger partial charge on any atom is -0.288 e. The Hall–Kier alpha value is -1.62. The predicted molar refractivity (Wildman–Crippen MR) is 61.4 cm³/mol. The highest BCUT2D eigenvalue weighted by molar-refractivity contribution is 7.14. The summed E-state index contributed by atoms with van der Waals surface area (Å²) in [6.07, 6.45) is 0. The van der Waals surface area contributed by atoms with Gasteiger partial charge in [0.15, 0.2) is 0 Å². The first-order valence-corrected chi connectivity index (χ1v) is 5.74. The fraction of sp³-hybridized carbons (Fsp3) is 0.167. The van der Waals surface area contributed by atoms with Gasteiger partial charge >= 0.3 is 0 Å². The maximum absolute atomic E-state index is 13.4. The number of hydrogen-bond acceptors (Lipinski definition) is 3. The van der Waals surface area contributed by atoms with E-state index in [0.29, 0.717) is 16.6 Å². The van der Waals surface area contributed by atoms with E-state index in [9.17, 15) is 13.6 Å². The molecule has 1 aromatic carbocycles. The molecule has 1 heterocycles. The number of benzene rings is 1. The van der Waals surface area contributed by atoms with Crippen LogP contribution < -0.4 is 0 Å². The van der Waals surface area contributed by atoms with Gasteiger partial charge in [-0.25, -0.2) is 13.8 Å². The van der Waals surface area contributed by atoms with Crippen molar-refractivity contribution >= 4 is 17.1 Å². The van der Waals surface area contributed by atoms with Gasteiger partial charge in [0.1, 0.15) is 11.6 Å². The van der Waals surface area contributed by atoms with E-state index in [1.807, 2.05) is 0 Å². The van der Waals surface area contributed by atoms with E-state index in [1.165, 1.54) is 11.3 Å². The van der Waals surface area contributed by atoms with Crippen molar-refractivity contribution in [3.05, 3.63) is 51.0 Å². The molecule has 1 aromatic heterocycles. The number of carbonyl (C=O) groups excluding carboxylic acids is 1. The first-order valence-electron chi connectivity index (χ1n) is 4.93. The Kier molecular flexibility index (Phi) is 3.02. The first kappa shape index (κ1) is 11.9. The van der Waals surface area contributed by atoms with Gasteiger partial charge in [0.2, 0.25) is 5.78 Å². The molecule has 88 valence electrons. The minimum atomic E-state index is -0.847. The monoisotopic (exact) mass is 253 g/mol. The van der Waals surface area contributed by atoms with Crippen LogP contribution >= 0.6 is 11.3 Å². The average Bonchev–Trinajstić information content (AvgIpc) is 2.57. The topological polar surface area (TPSA) is 30.0 Å². The lowest BCUT2D eigenvalue weighted by Gasteiger charge is -2.01. The molecule has 0 saturated carbocycles. The van der Waals surface area contributed by atoms with Gasteiger partial charge in [-0.2, -0.15) is 0 Å². The lowest BCUT2D eigenvalue weighted by atomic mass is 10.1. The van der Waals surface area contributed by atoms with Crippen molar-refractivity contribution < 1.29 is 13.6 Å². The molecule has 0 amide bonds. The highest BCUT2D eigenvalue weighted by Gasteiger charge is 2.19. The van der Waals surface area contributed by atoms with Gasteiger partial charge in [-0.3, -0.25) is 4.79 Å². The summed E-state index contributed by atoms with van der Waals surface area (Å²) in [5.74, 6) is -2.00. The molecule has 0 spiro atoms. The Balaban J connectivity index is 2.47. The van der Waals surface area contributed by atoms with Crippen LogP contribution in [0.4, 0.5) is 8.78 Å². The number of thiazole rings is 1. The van der Waals surface area contributed by atoms with E-state index in [-0.39, 0.29) is 5.56 Å². The summed E-state index contributed by atoms with van der Waals surface area (Å²) in [5.41, 5.74) is 0.444. The highest BCUT2D eigenvalue weighted by Crippen LogP contribution is 2.22. The molecule has 0 radical (unpaired) electrons. The number of ketones is 1. The van der Waals surface area contributed by atoms with Crippen LogP contribution in [0, 0.1) is 25.5 Å². The molecule has 2 nitrogen and oxygen atoms in total. The lowest BCUT2D eigenvalue weighted by molar-refractivity contribution is 0.103. The summed E-state index contributed by atoms with van der Waals surface area (Å²) in [7, 11) is 0. The van der Waals surface area contributed by atoms with Crippen molar-refractivity contribution in [2.24, 2.45) is 0 Å². The second-order valence-corrected chi connectivity index (χ2v) is 4.80. The minimum absolute atomic E-state index is 0.127. The average molecular weight is 253 g/mol. The molecule has 0 saturated heterocycles. The highest BCUT2D eigenvalue weighted by atomic mass is 32.1. The van der Waals surface area contributed by atoms with Crippen molar-refractivity contribution in [1.82, 2.24) is 4.98 Å². The van der Waals surface area contributed by atoms with Crippen molar-refractivity contribution in [3.8, 4) is 0 Å². The van der Waals surface area contributed by atoms with E-state index in [4.69, 9.17) is 0 Å². The maximum atomic E-state index is 13.4. The summed E-state index contributed by atoms with van der Waals surface area (Å²) in [6.45, 7) is 3.47. The molecule has 2 rings (SSSR count). The summed E-state index contributed by atoms with van der Waals surface area (Å²) in [6, 6.07) is 2.93. The van der Waals surface area contributed by atoms with E-state index in [1.54, 1.807) is 13.8 Å². The largest absolute Gasteiger partial charge is 0.288 e. The predicted octanol–water partition coefficient (Wildman–Crippen LogP) is 3.27. The lowest BCUT2D eigenvalue weighted by Crippen LogP contribution is -2.04. The Morgan fingerprint density at radius 1 is 1.29 bits per heavy atom. The molecule has 17 heavy (non-hydrogen) atoms. The summed E-state index contributed by atoms with van der Waals surface area (Å²) in [4.78, 5) is 16.5. The fourth-order valence-corrected chi connectivity index (χ4v) is 2.41. The molecule has 0 atom stereocenters. The molecule has 0 fully saturated rings. The van der Waals surface area contributed by atoms with Gasteiger partial charge in [-0.1, -0.05) is 0 Å². The third-order valence-corrected chi connectivity index (χ3v) is 3.36. The molecule has 0 aliphatic rings. The molecule has 0 aliphatic heterocycles. The van der Waals surface area contributed by atoms with Gasteiger partial charge in [0, 0.05) is 6.07 Å². The Morgan fingerprint density at radius 2 is 2.00 bits per heavy atom. The van der Waals surface area contributed by atoms with E-state index in [2.05, 4.69) is 4.98 Å². The van der Waals surface area contributed by atoms with Gasteiger partial charge in [-0.05, 0) is 26.0 Å². The standard InChI is InChI=1S/C12H9F2NOS/c1-6-12(17-7(2)15-6)11(16)9-4-3-8(13)5-10(9)14/h3-5H,1-2H3. The van der Waals surface area contributed by atoms with Crippen LogP contribution in [0.15, 0.2) is 18.2 Å². The third kappa shape index (κ3) is 2.24. The Labute approximate surface area is 101 Å². The van der Waals surface area contributed by atoms with Crippen LogP contribution in [0.3, 0.4) is 0 Å². The molecule has 0 unspecified atom stereocenters. The summed E-state index contributed by atoms with van der Waals surface area (Å²) >= 11 is 1.21. The van der Waals surface area contributed by atoms with E-state index < -0.39 is 17.4 Å². The van der Waals surface area contributed by atoms with Gasteiger partial charge in [-0.15, -0.1) is 11.3 Å². The Morgan fingerprint density at radius 3 is 2.53 bits per heavy atom. The number of hydrogen-bond donors (Lipinski definition) is 0. The summed E-state index contributed by atoms with van der Waals surface area (Å²) in [5, 5.41) is 0.744.